The van der Waals surface area contributed by atoms with Crippen molar-refractivity contribution < 1.29 is 9.59 Å². The van der Waals surface area contributed by atoms with Gasteiger partial charge in [-0.2, -0.15) is 0 Å². The van der Waals surface area contributed by atoms with Crippen molar-refractivity contribution in [3.05, 3.63) is 35.4 Å². The second kappa shape index (κ2) is 6.67. The Morgan fingerprint density at radius 3 is 2.67 bits per heavy atom. The van der Waals surface area contributed by atoms with Gasteiger partial charge in [0.15, 0.2) is 0 Å². The van der Waals surface area contributed by atoms with Crippen LogP contribution in [0.3, 0.4) is 0 Å². The lowest BCUT2D eigenvalue weighted by molar-refractivity contribution is -0.154. The summed E-state index contributed by atoms with van der Waals surface area (Å²) in [6.45, 7) is 1.86. The third kappa shape index (κ3) is 2.88. The van der Waals surface area contributed by atoms with E-state index in [0.29, 0.717) is 13.1 Å². The van der Waals surface area contributed by atoms with E-state index < -0.39 is 0 Å². The van der Waals surface area contributed by atoms with Crippen LogP contribution in [0.4, 0.5) is 0 Å². The number of piperazine rings is 1. The van der Waals surface area contributed by atoms with Gasteiger partial charge in [0.05, 0.1) is 12.6 Å². The number of carbonyl (C=O) groups is 2. The van der Waals surface area contributed by atoms with Crippen molar-refractivity contribution >= 4 is 11.8 Å². The molecule has 1 aliphatic carbocycles. The molecule has 1 aromatic carbocycles. The third-order valence-electron chi connectivity index (χ3n) is 5.96. The molecule has 3 aliphatic rings. The minimum Gasteiger partial charge on any atom is -0.286 e. The molecule has 1 unspecified atom stereocenters. The van der Waals surface area contributed by atoms with Crippen molar-refractivity contribution in [2.24, 2.45) is 5.92 Å². The maximum atomic E-state index is 12.9. The lowest BCUT2D eigenvalue weighted by Crippen LogP contribution is -2.55. The maximum Gasteiger partial charge on any atom is 0.243 e. The molecule has 2 fully saturated rings. The molecule has 0 bridgehead atoms. The molecular weight excluding hydrogens is 300 g/mol. The second-order valence-corrected chi connectivity index (χ2v) is 7.47. The number of nitrogens with zero attached hydrogens (tertiary/aromatic N) is 2. The van der Waals surface area contributed by atoms with E-state index in [1.54, 1.807) is 4.90 Å². The van der Waals surface area contributed by atoms with Gasteiger partial charge in [0, 0.05) is 12.5 Å². The fourth-order valence-corrected chi connectivity index (χ4v) is 4.63. The predicted molar refractivity (Wildman–Crippen MR) is 92.4 cm³/mol. The molecular formula is C20H26N2O2. The van der Waals surface area contributed by atoms with Crippen LogP contribution in [-0.2, 0) is 16.0 Å². The molecule has 2 amide bonds. The summed E-state index contributed by atoms with van der Waals surface area (Å²) in [6.07, 6.45) is 7.52. The molecule has 4 rings (SSSR count). The maximum absolute atomic E-state index is 12.9. The molecule has 0 aromatic heterocycles. The average molecular weight is 326 g/mol. The summed E-state index contributed by atoms with van der Waals surface area (Å²) < 4.78 is 0. The lowest BCUT2D eigenvalue weighted by Gasteiger charge is -2.41. The summed E-state index contributed by atoms with van der Waals surface area (Å²) in [4.78, 5) is 29.4. The zero-order chi connectivity index (χ0) is 16.5. The predicted octanol–water partition coefficient (Wildman–Crippen LogP) is 2.93. The van der Waals surface area contributed by atoms with Gasteiger partial charge in [-0.3, -0.25) is 19.4 Å². The van der Waals surface area contributed by atoms with Gasteiger partial charge in [0.2, 0.25) is 11.8 Å². The van der Waals surface area contributed by atoms with Gasteiger partial charge in [-0.25, -0.2) is 0 Å². The number of carbonyl (C=O) groups excluding carboxylic acids is 2. The Kier molecular flexibility index (Phi) is 4.40. The van der Waals surface area contributed by atoms with Gasteiger partial charge < -0.3 is 0 Å². The zero-order valence-electron chi connectivity index (χ0n) is 14.2. The molecule has 0 spiro atoms. The monoisotopic (exact) mass is 326 g/mol. The highest BCUT2D eigenvalue weighted by Crippen LogP contribution is 2.34. The Morgan fingerprint density at radius 1 is 1.04 bits per heavy atom. The van der Waals surface area contributed by atoms with E-state index >= 15 is 0 Å². The summed E-state index contributed by atoms with van der Waals surface area (Å²) in [5.74, 6) is 0.151. The molecule has 1 atom stereocenters. The van der Waals surface area contributed by atoms with Crippen LogP contribution in [0.25, 0.3) is 0 Å². The third-order valence-corrected chi connectivity index (χ3v) is 5.96. The van der Waals surface area contributed by atoms with Crippen LogP contribution in [0.5, 0.6) is 0 Å². The van der Waals surface area contributed by atoms with Crippen LogP contribution in [0.2, 0.25) is 0 Å². The van der Waals surface area contributed by atoms with E-state index in [1.165, 1.54) is 17.5 Å². The second-order valence-electron chi connectivity index (χ2n) is 7.47. The molecule has 2 heterocycles. The van der Waals surface area contributed by atoms with E-state index in [0.717, 1.165) is 45.1 Å². The van der Waals surface area contributed by atoms with Gasteiger partial charge in [-0.1, -0.05) is 43.5 Å². The van der Waals surface area contributed by atoms with Crippen LogP contribution >= 0.6 is 0 Å². The number of fused-ring (bicyclic) bond motifs is 3. The molecule has 4 nitrogen and oxygen atoms in total. The molecule has 128 valence electrons. The Bertz CT molecular complexity index is 636. The number of rotatable bonds is 1. The smallest absolute Gasteiger partial charge is 0.243 e. The lowest BCUT2D eigenvalue weighted by atomic mass is 9.87. The van der Waals surface area contributed by atoms with Crippen LogP contribution < -0.4 is 0 Å². The van der Waals surface area contributed by atoms with Gasteiger partial charge in [0.25, 0.3) is 0 Å². The normalized spacial score (nSPS) is 25.8. The molecule has 0 N–H and O–H groups in total. The highest BCUT2D eigenvalue weighted by atomic mass is 16.2. The minimum atomic E-state index is 0.00112. The summed E-state index contributed by atoms with van der Waals surface area (Å²) in [7, 11) is 0. The van der Waals surface area contributed by atoms with Crippen LogP contribution in [0.1, 0.15) is 55.7 Å². The number of benzene rings is 1. The quantitative estimate of drug-likeness (QED) is 0.745. The molecule has 1 aromatic rings. The first-order valence-electron chi connectivity index (χ1n) is 9.40. The summed E-state index contributed by atoms with van der Waals surface area (Å²) >= 11 is 0. The van der Waals surface area contributed by atoms with Gasteiger partial charge in [0.1, 0.15) is 0 Å². The Balaban J connectivity index is 1.59. The fourth-order valence-electron chi connectivity index (χ4n) is 4.63. The first-order chi connectivity index (χ1) is 11.7. The average Bonchev–Trinajstić information content (AvgIpc) is 2.80. The molecule has 1 saturated heterocycles. The number of amides is 2. The number of hydrogen-bond donors (Lipinski definition) is 0. The van der Waals surface area contributed by atoms with Crippen molar-refractivity contribution in [2.75, 3.05) is 19.6 Å². The van der Waals surface area contributed by atoms with E-state index in [-0.39, 0.29) is 23.8 Å². The highest BCUT2D eigenvalue weighted by Gasteiger charge is 2.39. The molecule has 2 aliphatic heterocycles. The van der Waals surface area contributed by atoms with Gasteiger partial charge >= 0.3 is 0 Å². The fraction of sp³-hybridized carbons (Fsp3) is 0.600. The molecule has 0 radical (unpaired) electrons. The highest BCUT2D eigenvalue weighted by molar-refractivity contribution is 5.98. The molecule has 1 saturated carbocycles. The van der Waals surface area contributed by atoms with Crippen LogP contribution in [0, 0.1) is 5.92 Å². The van der Waals surface area contributed by atoms with Crippen molar-refractivity contribution in [1.29, 1.82) is 0 Å². The molecule has 24 heavy (non-hydrogen) atoms. The van der Waals surface area contributed by atoms with Gasteiger partial charge in [-0.15, -0.1) is 0 Å². The van der Waals surface area contributed by atoms with E-state index in [4.69, 9.17) is 0 Å². The number of imide groups is 1. The van der Waals surface area contributed by atoms with Crippen molar-refractivity contribution in [1.82, 2.24) is 9.80 Å². The summed E-state index contributed by atoms with van der Waals surface area (Å²) in [6, 6.07) is 8.72. The summed E-state index contributed by atoms with van der Waals surface area (Å²) in [5, 5.41) is 0. The summed E-state index contributed by atoms with van der Waals surface area (Å²) in [5.41, 5.74) is 2.69. The largest absolute Gasteiger partial charge is 0.286 e. The van der Waals surface area contributed by atoms with Crippen LogP contribution in [-0.4, -0.2) is 41.2 Å². The standard InChI is InChI=1S/C20H26N2O2/c23-19-14-21-12-6-10-15-7-4-5-11-17(15)18(21)13-22(19)20(24)16-8-2-1-3-9-16/h4-5,7,11,16,18H,1-3,6,8-10,12-14H2. The minimum absolute atomic E-state index is 0.00112. The number of hydrogen-bond acceptors (Lipinski definition) is 3. The Hall–Kier alpha value is -1.68. The van der Waals surface area contributed by atoms with E-state index in [2.05, 4.69) is 29.2 Å². The zero-order valence-corrected chi connectivity index (χ0v) is 14.2. The topological polar surface area (TPSA) is 40.6 Å². The Morgan fingerprint density at radius 2 is 1.83 bits per heavy atom. The van der Waals surface area contributed by atoms with Crippen molar-refractivity contribution in [3.63, 3.8) is 0 Å². The SMILES string of the molecule is O=C1CN2CCCc3ccccc3C2CN1C(=O)C1CCCCC1. The molecule has 4 heteroatoms. The van der Waals surface area contributed by atoms with Crippen LogP contribution in [0.15, 0.2) is 24.3 Å². The Labute approximate surface area is 143 Å². The van der Waals surface area contributed by atoms with Crippen molar-refractivity contribution in [2.45, 2.75) is 51.0 Å². The van der Waals surface area contributed by atoms with E-state index in [9.17, 15) is 9.59 Å². The van der Waals surface area contributed by atoms with Crippen molar-refractivity contribution in [3.8, 4) is 0 Å². The first-order valence-corrected chi connectivity index (χ1v) is 9.40. The first kappa shape index (κ1) is 15.8. The number of aryl methyl sites for hydroxylation is 1. The van der Waals surface area contributed by atoms with E-state index in [1.807, 2.05) is 0 Å². The van der Waals surface area contributed by atoms with Gasteiger partial charge in [-0.05, 0) is 43.4 Å².